The number of likely N-dealkylation sites (N-methyl/N-ethyl adjacent to an activating group) is 1. The van der Waals surface area contributed by atoms with Crippen LogP contribution >= 0.6 is 0 Å². The monoisotopic (exact) mass is 232 g/mol. The number of nitrogens with one attached hydrogen (secondary N) is 2. The fourth-order valence-electron chi connectivity index (χ4n) is 1.47. The molecule has 4 N–H and O–H groups in total. The van der Waals surface area contributed by atoms with E-state index in [1.165, 1.54) is 0 Å². The van der Waals surface area contributed by atoms with Crippen molar-refractivity contribution in [1.29, 1.82) is 5.26 Å². The van der Waals surface area contributed by atoms with E-state index in [1.54, 1.807) is 32.2 Å². The molecule has 0 bridgehead atoms. The molecule has 0 aromatic heterocycles. The summed E-state index contributed by atoms with van der Waals surface area (Å²) in [6.45, 7) is 1.76. The van der Waals surface area contributed by atoms with Crippen LogP contribution in [-0.2, 0) is 11.2 Å². The first-order valence-corrected chi connectivity index (χ1v) is 5.32. The highest BCUT2D eigenvalue weighted by Crippen LogP contribution is 2.18. The SMILES string of the molecule is CNC(=O)C(C)Nc1ccc(N)c(CC#N)c1. The number of nitriles is 1. The molecule has 0 aliphatic heterocycles. The molecule has 0 radical (unpaired) electrons. The molecule has 0 heterocycles. The molecule has 90 valence electrons. The number of hydrogen-bond acceptors (Lipinski definition) is 4. The van der Waals surface area contributed by atoms with Crippen molar-refractivity contribution in [2.75, 3.05) is 18.1 Å². The van der Waals surface area contributed by atoms with E-state index < -0.39 is 0 Å². The summed E-state index contributed by atoms with van der Waals surface area (Å²) in [5.41, 5.74) is 7.87. The molecule has 17 heavy (non-hydrogen) atoms. The quantitative estimate of drug-likeness (QED) is 0.672. The van der Waals surface area contributed by atoms with E-state index in [1.807, 2.05) is 0 Å². The zero-order chi connectivity index (χ0) is 12.8. The third-order valence-electron chi connectivity index (χ3n) is 2.44. The van der Waals surface area contributed by atoms with Gasteiger partial charge in [0.05, 0.1) is 12.5 Å². The van der Waals surface area contributed by atoms with Gasteiger partial charge >= 0.3 is 0 Å². The normalized spacial score (nSPS) is 11.4. The fourth-order valence-corrected chi connectivity index (χ4v) is 1.47. The Morgan fingerprint density at radius 1 is 1.59 bits per heavy atom. The first-order chi connectivity index (χ1) is 8.08. The lowest BCUT2D eigenvalue weighted by molar-refractivity contribution is -0.121. The van der Waals surface area contributed by atoms with Gasteiger partial charge in [0.1, 0.15) is 6.04 Å². The minimum Gasteiger partial charge on any atom is -0.398 e. The van der Waals surface area contributed by atoms with Gasteiger partial charge in [0.25, 0.3) is 0 Å². The second-order valence-corrected chi connectivity index (χ2v) is 3.73. The summed E-state index contributed by atoms with van der Waals surface area (Å²) in [5.74, 6) is -0.0938. The number of nitrogens with zero attached hydrogens (tertiary/aromatic N) is 1. The van der Waals surface area contributed by atoms with Gasteiger partial charge in [0.15, 0.2) is 0 Å². The van der Waals surface area contributed by atoms with Crippen LogP contribution in [0.5, 0.6) is 0 Å². The van der Waals surface area contributed by atoms with Crippen LogP contribution in [0.1, 0.15) is 12.5 Å². The lowest BCUT2D eigenvalue weighted by atomic mass is 10.1. The molecule has 5 nitrogen and oxygen atoms in total. The number of carbonyl (C=O) groups is 1. The van der Waals surface area contributed by atoms with E-state index in [4.69, 9.17) is 11.0 Å². The molecule has 0 aliphatic carbocycles. The molecular formula is C12H16N4O. The van der Waals surface area contributed by atoms with Gasteiger partial charge in [-0.2, -0.15) is 5.26 Å². The Hall–Kier alpha value is -2.22. The van der Waals surface area contributed by atoms with Gasteiger partial charge in [-0.1, -0.05) is 0 Å². The van der Waals surface area contributed by atoms with Gasteiger partial charge < -0.3 is 16.4 Å². The number of rotatable bonds is 4. The molecule has 0 saturated heterocycles. The van der Waals surface area contributed by atoms with Crippen molar-refractivity contribution < 1.29 is 4.79 Å². The summed E-state index contributed by atoms with van der Waals surface area (Å²) in [7, 11) is 1.59. The highest BCUT2D eigenvalue weighted by molar-refractivity contribution is 5.84. The van der Waals surface area contributed by atoms with Crippen molar-refractivity contribution in [3.05, 3.63) is 23.8 Å². The molecule has 5 heteroatoms. The lowest BCUT2D eigenvalue weighted by Crippen LogP contribution is -2.35. The molecule has 1 amide bonds. The molecule has 0 aliphatic rings. The van der Waals surface area contributed by atoms with E-state index in [0.717, 1.165) is 11.3 Å². The van der Waals surface area contributed by atoms with Gasteiger partial charge in [0.2, 0.25) is 5.91 Å². The average molecular weight is 232 g/mol. The fraction of sp³-hybridized carbons (Fsp3) is 0.333. The standard InChI is InChI=1S/C12H16N4O/c1-8(12(17)15-2)16-10-3-4-11(14)9(7-10)5-6-13/h3-4,7-8,16H,5,14H2,1-2H3,(H,15,17). The number of amides is 1. The van der Waals surface area contributed by atoms with Crippen molar-refractivity contribution in [2.45, 2.75) is 19.4 Å². The summed E-state index contributed by atoms with van der Waals surface area (Å²) in [6.07, 6.45) is 0.260. The molecule has 1 unspecified atom stereocenters. The van der Waals surface area contributed by atoms with Crippen LogP contribution in [-0.4, -0.2) is 19.0 Å². The maximum absolute atomic E-state index is 11.3. The lowest BCUT2D eigenvalue weighted by Gasteiger charge is -2.14. The summed E-state index contributed by atoms with van der Waals surface area (Å²) >= 11 is 0. The number of benzene rings is 1. The van der Waals surface area contributed by atoms with Crippen molar-refractivity contribution in [3.8, 4) is 6.07 Å². The Balaban J connectivity index is 2.82. The zero-order valence-corrected chi connectivity index (χ0v) is 9.95. The third-order valence-corrected chi connectivity index (χ3v) is 2.44. The highest BCUT2D eigenvalue weighted by atomic mass is 16.2. The molecule has 0 fully saturated rings. The van der Waals surface area contributed by atoms with Crippen molar-refractivity contribution in [1.82, 2.24) is 5.32 Å². The molecule has 1 aromatic rings. The van der Waals surface area contributed by atoms with Crippen LogP contribution in [0.25, 0.3) is 0 Å². The Morgan fingerprint density at radius 2 is 2.29 bits per heavy atom. The van der Waals surface area contributed by atoms with Crippen LogP contribution in [0.15, 0.2) is 18.2 Å². The Kier molecular flexibility index (Phi) is 4.35. The van der Waals surface area contributed by atoms with Gasteiger partial charge in [-0.15, -0.1) is 0 Å². The largest absolute Gasteiger partial charge is 0.398 e. The van der Waals surface area contributed by atoms with Gasteiger partial charge in [-0.05, 0) is 30.7 Å². The van der Waals surface area contributed by atoms with E-state index in [2.05, 4.69) is 16.7 Å². The number of anilines is 2. The summed E-state index contributed by atoms with van der Waals surface area (Å²) in [6, 6.07) is 7.02. The zero-order valence-electron chi connectivity index (χ0n) is 9.95. The van der Waals surface area contributed by atoms with E-state index in [-0.39, 0.29) is 18.4 Å². The Morgan fingerprint density at radius 3 is 2.88 bits per heavy atom. The molecule has 1 atom stereocenters. The van der Waals surface area contributed by atoms with E-state index >= 15 is 0 Å². The predicted molar refractivity (Wildman–Crippen MR) is 67.3 cm³/mol. The predicted octanol–water partition coefficient (Wildman–Crippen LogP) is 0.881. The number of carbonyl (C=O) groups excluding carboxylic acids is 1. The first-order valence-electron chi connectivity index (χ1n) is 5.32. The van der Waals surface area contributed by atoms with Crippen LogP contribution in [0.4, 0.5) is 11.4 Å². The molecule has 1 aromatic carbocycles. The van der Waals surface area contributed by atoms with Crippen molar-refractivity contribution >= 4 is 17.3 Å². The van der Waals surface area contributed by atoms with Gasteiger partial charge in [-0.25, -0.2) is 0 Å². The maximum Gasteiger partial charge on any atom is 0.241 e. The van der Waals surface area contributed by atoms with E-state index in [0.29, 0.717) is 5.69 Å². The molecule has 1 rings (SSSR count). The number of hydrogen-bond donors (Lipinski definition) is 3. The number of nitrogens with two attached hydrogens (primary N) is 1. The van der Waals surface area contributed by atoms with Crippen molar-refractivity contribution in [2.24, 2.45) is 0 Å². The molecule has 0 saturated carbocycles. The van der Waals surface area contributed by atoms with Crippen LogP contribution in [0.3, 0.4) is 0 Å². The summed E-state index contributed by atoms with van der Waals surface area (Å²) < 4.78 is 0. The molecule has 0 spiro atoms. The van der Waals surface area contributed by atoms with Crippen LogP contribution in [0, 0.1) is 11.3 Å². The smallest absolute Gasteiger partial charge is 0.241 e. The van der Waals surface area contributed by atoms with E-state index in [9.17, 15) is 4.79 Å². The first kappa shape index (κ1) is 12.8. The Bertz CT molecular complexity index is 450. The minimum absolute atomic E-state index is 0.0938. The van der Waals surface area contributed by atoms with Gasteiger partial charge in [-0.3, -0.25) is 4.79 Å². The average Bonchev–Trinajstić information content (AvgIpc) is 2.32. The summed E-state index contributed by atoms with van der Waals surface area (Å²) in [4.78, 5) is 11.3. The topological polar surface area (TPSA) is 90.9 Å². The highest BCUT2D eigenvalue weighted by Gasteiger charge is 2.10. The second kappa shape index (κ2) is 5.75. The number of nitrogen functional groups attached to an aromatic ring is 1. The van der Waals surface area contributed by atoms with Crippen LogP contribution in [0.2, 0.25) is 0 Å². The van der Waals surface area contributed by atoms with Crippen LogP contribution < -0.4 is 16.4 Å². The Labute approximate surface area is 101 Å². The maximum atomic E-state index is 11.3. The third kappa shape index (κ3) is 3.38. The second-order valence-electron chi connectivity index (χ2n) is 3.73. The minimum atomic E-state index is -0.335. The molecular weight excluding hydrogens is 216 g/mol. The van der Waals surface area contributed by atoms with Gasteiger partial charge in [0, 0.05) is 18.4 Å². The summed E-state index contributed by atoms with van der Waals surface area (Å²) in [5, 5.41) is 14.3. The van der Waals surface area contributed by atoms with Crippen molar-refractivity contribution in [3.63, 3.8) is 0 Å².